The van der Waals surface area contributed by atoms with Crippen LogP contribution in [0.1, 0.15) is 57.1 Å². The van der Waals surface area contributed by atoms with Gasteiger partial charge in [0.1, 0.15) is 6.04 Å². The average molecular weight is 449 g/mol. The molecule has 2 heterocycles. The summed E-state index contributed by atoms with van der Waals surface area (Å²) in [5.74, 6) is -0.0983. The summed E-state index contributed by atoms with van der Waals surface area (Å²) >= 11 is 7.57. The van der Waals surface area contributed by atoms with Crippen LogP contribution in [-0.2, 0) is 9.59 Å². The number of hydrogen-bond donors (Lipinski definition) is 2. The average Bonchev–Trinajstić information content (AvgIpc) is 3.33. The molecule has 2 amide bonds. The molecule has 0 bridgehead atoms. The van der Waals surface area contributed by atoms with E-state index in [-0.39, 0.29) is 18.0 Å². The van der Waals surface area contributed by atoms with Gasteiger partial charge in [-0.15, -0.1) is 11.3 Å². The number of halogens is 1. The highest BCUT2D eigenvalue weighted by Gasteiger charge is 2.39. The number of pyridine rings is 1. The van der Waals surface area contributed by atoms with E-state index in [1.807, 2.05) is 52.8 Å². The van der Waals surface area contributed by atoms with Gasteiger partial charge in [-0.2, -0.15) is 0 Å². The van der Waals surface area contributed by atoms with Gasteiger partial charge in [0.2, 0.25) is 12.3 Å². The monoisotopic (exact) mass is 448 g/mol. The number of thiophene rings is 1. The lowest BCUT2D eigenvalue weighted by Gasteiger charge is -2.36. The van der Waals surface area contributed by atoms with Crippen LogP contribution in [0.3, 0.4) is 0 Å². The summed E-state index contributed by atoms with van der Waals surface area (Å²) in [6, 6.07) is 5.39. The first-order valence-electron chi connectivity index (χ1n) is 10.1. The Morgan fingerprint density at radius 2 is 2.07 bits per heavy atom. The third kappa shape index (κ3) is 5.32. The van der Waals surface area contributed by atoms with Gasteiger partial charge in [0.15, 0.2) is 0 Å². The molecule has 3 rings (SSSR count). The lowest BCUT2D eigenvalue weighted by Crippen LogP contribution is -2.53. The van der Waals surface area contributed by atoms with E-state index in [2.05, 4.69) is 15.6 Å². The number of aryl methyl sites for hydroxylation is 1. The van der Waals surface area contributed by atoms with Crippen LogP contribution in [0.4, 0.5) is 10.7 Å². The van der Waals surface area contributed by atoms with Crippen LogP contribution < -0.4 is 15.5 Å². The molecule has 8 heteroatoms. The van der Waals surface area contributed by atoms with E-state index in [0.29, 0.717) is 5.02 Å². The minimum atomic E-state index is -0.579. The van der Waals surface area contributed by atoms with Gasteiger partial charge in [-0.3, -0.25) is 19.5 Å². The maximum atomic E-state index is 12.9. The van der Waals surface area contributed by atoms with Crippen molar-refractivity contribution < 1.29 is 9.59 Å². The molecule has 0 unspecified atom stereocenters. The third-order valence-corrected chi connectivity index (χ3v) is 6.59. The van der Waals surface area contributed by atoms with Crippen LogP contribution in [0, 0.1) is 12.3 Å². The SMILES string of the molecule is Cc1ncc(Cl)cc1N[C@@H](C)c1ccc(N(C=O)[C@@H](C(=O)NC2CC2)C(C)(C)C)s1. The molecule has 1 aliphatic carbocycles. The molecular formula is C22H29ClN4O2S. The van der Waals surface area contributed by atoms with E-state index >= 15 is 0 Å². The molecule has 0 saturated heterocycles. The number of hydrogen-bond acceptors (Lipinski definition) is 5. The van der Waals surface area contributed by atoms with Crippen LogP contribution in [0.2, 0.25) is 5.02 Å². The van der Waals surface area contributed by atoms with Crippen molar-refractivity contribution in [3.05, 3.63) is 40.0 Å². The van der Waals surface area contributed by atoms with Crippen molar-refractivity contribution in [2.75, 3.05) is 10.2 Å². The van der Waals surface area contributed by atoms with Gasteiger partial charge in [-0.05, 0) is 50.3 Å². The highest BCUT2D eigenvalue weighted by Crippen LogP contribution is 2.36. The Hall–Kier alpha value is -2.12. The van der Waals surface area contributed by atoms with E-state index in [0.717, 1.165) is 40.5 Å². The Labute approximate surface area is 187 Å². The number of rotatable bonds is 8. The van der Waals surface area contributed by atoms with E-state index < -0.39 is 11.5 Å². The Morgan fingerprint density at radius 3 is 2.67 bits per heavy atom. The minimum absolute atomic E-state index is 0.00963. The third-order valence-electron chi connectivity index (χ3n) is 5.10. The highest BCUT2D eigenvalue weighted by atomic mass is 35.5. The molecule has 162 valence electrons. The minimum Gasteiger partial charge on any atom is -0.376 e. The van der Waals surface area contributed by atoms with E-state index in [4.69, 9.17) is 11.6 Å². The van der Waals surface area contributed by atoms with Crippen molar-refractivity contribution in [3.8, 4) is 0 Å². The predicted octanol–water partition coefficient (Wildman–Crippen LogP) is 4.93. The Kier molecular flexibility index (Phi) is 6.72. The Morgan fingerprint density at radius 1 is 1.37 bits per heavy atom. The van der Waals surface area contributed by atoms with Gasteiger partial charge < -0.3 is 10.6 Å². The van der Waals surface area contributed by atoms with Crippen molar-refractivity contribution in [2.24, 2.45) is 5.41 Å². The maximum absolute atomic E-state index is 12.9. The van der Waals surface area contributed by atoms with E-state index in [1.54, 1.807) is 11.1 Å². The molecule has 2 N–H and O–H groups in total. The zero-order chi connectivity index (χ0) is 22.1. The zero-order valence-electron chi connectivity index (χ0n) is 18.0. The zero-order valence-corrected chi connectivity index (χ0v) is 19.6. The van der Waals surface area contributed by atoms with Crippen molar-refractivity contribution in [1.82, 2.24) is 10.3 Å². The largest absolute Gasteiger partial charge is 0.376 e. The van der Waals surface area contributed by atoms with Gasteiger partial charge >= 0.3 is 0 Å². The first-order chi connectivity index (χ1) is 14.1. The first-order valence-corrected chi connectivity index (χ1v) is 11.3. The normalized spacial score (nSPS) is 15.9. The summed E-state index contributed by atoms with van der Waals surface area (Å²) in [6.45, 7) is 9.91. The molecule has 1 saturated carbocycles. The molecule has 6 nitrogen and oxygen atoms in total. The van der Waals surface area contributed by atoms with Gasteiger partial charge in [0.25, 0.3) is 0 Å². The number of nitrogens with one attached hydrogen (secondary N) is 2. The topological polar surface area (TPSA) is 74.3 Å². The van der Waals surface area contributed by atoms with Gasteiger partial charge in [-0.25, -0.2) is 0 Å². The van der Waals surface area contributed by atoms with Crippen molar-refractivity contribution in [3.63, 3.8) is 0 Å². The fourth-order valence-electron chi connectivity index (χ4n) is 3.36. The van der Waals surface area contributed by atoms with E-state index in [9.17, 15) is 9.59 Å². The quantitative estimate of drug-likeness (QED) is 0.561. The van der Waals surface area contributed by atoms with Crippen LogP contribution in [-0.4, -0.2) is 29.4 Å². The second-order valence-corrected chi connectivity index (χ2v) is 10.4. The summed E-state index contributed by atoms with van der Waals surface area (Å²) in [4.78, 5) is 31.9. The molecule has 0 aromatic carbocycles. The summed E-state index contributed by atoms with van der Waals surface area (Å²) in [6.07, 6.45) is 4.40. The van der Waals surface area contributed by atoms with Crippen LogP contribution in [0.25, 0.3) is 0 Å². The molecule has 2 aromatic heterocycles. The lowest BCUT2D eigenvalue weighted by atomic mass is 9.85. The second kappa shape index (κ2) is 8.94. The number of carbonyl (C=O) groups excluding carboxylic acids is 2. The van der Waals surface area contributed by atoms with E-state index in [1.165, 1.54) is 11.3 Å². The van der Waals surface area contributed by atoms with Crippen LogP contribution >= 0.6 is 22.9 Å². The molecular weight excluding hydrogens is 420 g/mol. The fourth-order valence-corrected chi connectivity index (χ4v) is 4.52. The van der Waals surface area contributed by atoms with Gasteiger partial charge in [0.05, 0.1) is 27.4 Å². The van der Waals surface area contributed by atoms with Gasteiger partial charge in [0, 0.05) is 17.1 Å². The lowest BCUT2D eigenvalue weighted by molar-refractivity contribution is -0.126. The maximum Gasteiger partial charge on any atom is 0.243 e. The molecule has 2 aromatic rings. The predicted molar refractivity (Wildman–Crippen MR) is 123 cm³/mol. The van der Waals surface area contributed by atoms with Gasteiger partial charge in [-0.1, -0.05) is 32.4 Å². The molecule has 0 radical (unpaired) electrons. The first kappa shape index (κ1) is 22.6. The number of carbonyl (C=O) groups is 2. The number of amides is 2. The molecule has 2 atom stereocenters. The smallest absolute Gasteiger partial charge is 0.243 e. The molecule has 0 spiro atoms. The molecule has 1 fully saturated rings. The summed E-state index contributed by atoms with van der Waals surface area (Å²) in [5, 5.41) is 7.81. The summed E-state index contributed by atoms with van der Waals surface area (Å²) in [7, 11) is 0. The standard InChI is InChI=1S/C22H29ClN4O2S/c1-13-17(10-15(23)11-24-13)25-14(2)18-8-9-19(30-18)27(12-28)20(22(3,4)5)21(29)26-16-6-7-16/h8-12,14,16,20,25H,6-7H2,1-5H3,(H,26,29)/t14-,20-/m0/s1. The van der Waals surface area contributed by atoms with Crippen molar-refractivity contribution in [1.29, 1.82) is 0 Å². The molecule has 1 aliphatic rings. The van der Waals surface area contributed by atoms with Crippen LogP contribution in [0.15, 0.2) is 24.4 Å². The fraction of sp³-hybridized carbons (Fsp3) is 0.500. The number of anilines is 2. The van der Waals surface area contributed by atoms with Crippen molar-refractivity contribution in [2.45, 2.75) is 65.6 Å². The molecule has 0 aliphatic heterocycles. The number of aromatic nitrogens is 1. The Bertz CT molecular complexity index is 920. The Balaban J connectivity index is 1.81. The second-order valence-electron chi connectivity index (χ2n) is 8.89. The highest BCUT2D eigenvalue weighted by molar-refractivity contribution is 7.16. The number of nitrogens with zero attached hydrogens (tertiary/aromatic N) is 2. The summed E-state index contributed by atoms with van der Waals surface area (Å²) < 4.78 is 0. The van der Waals surface area contributed by atoms with Crippen LogP contribution in [0.5, 0.6) is 0 Å². The summed E-state index contributed by atoms with van der Waals surface area (Å²) in [5.41, 5.74) is 1.33. The van der Waals surface area contributed by atoms with Crippen molar-refractivity contribution >= 4 is 45.9 Å². The molecule has 30 heavy (non-hydrogen) atoms.